The highest BCUT2D eigenvalue weighted by Crippen LogP contribution is 2.50. The number of hydrogen-bond acceptors (Lipinski definition) is 3. The number of nitrogens with zero attached hydrogens (tertiary/aromatic N) is 1. The third-order valence-electron chi connectivity index (χ3n) is 9.32. The molecule has 0 saturated heterocycles. The fourth-order valence-corrected chi connectivity index (χ4v) is 7.22. The number of benzene rings is 6. The number of para-hydroxylation sites is 1. The lowest BCUT2D eigenvalue weighted by atomic mass is 9.81. The van der Waals surface area contributed by atoms with E-state index in [0.717, 1.165) is 60.9 Å². The van der Waals surface area contributed by atoms with Crippen molar-refractivity contribution in [1.82, 2.24) is 4.68 Å². The van der Waals surface area contributed by atoms with Crippen LogP contribution in [0.3, 0.4) is 0 Å². The molecule has 210 valence electrons. The molecule has 0 amide bonds. The first kappa shape index (κ1) is 24.9. The van der Waals surface area contributed by atoms with E-state index in [1.165, 1.54) is 16.3 Å². The highest BCUT2D eigenvalue weighted by molar-refractivity contribution is 6.20. The summed E-state index contributed by atoms with van der Waals surface area (Å²) in [5.74, 6) is 2.33. The Bertz CT molecular complexity index is 2390. The number of anilines is 1. The van der Waals surface area contributed by atoms with Gasteiger partial charge >= 0.3 is 0 Å². The first-order valence-electron chi connectivity index (χ1n) is 15.1. The highest BCUT2D eigenvalue weighted by Gasteiger charge is 2.34. The number of nitrogens with one attached hydrogen (secondary N) is 2. The van der Waals surface area contributed by atoms with Gasteiger partial charge < -0.3 is 4.74 Å². The number of allylic oxidation sites excluding steroid dienone is 4. The molecule has 0 spiro atoms. The molecular weight excluding hydrogens is 538 g/mol. The molecule has 0 saturated carbocycles. The summed E-state index contributed by atoms with van der Waals surface area (Å²) in [5, 5.41) is 16.2. The van der Waals surface area contributed by atoms with Crippen molar-refractivity contribution in [2.24, 2.45) is 5.92 Å². The summed E-state index contributed by atoms with van der Waals surface area (Å²) >= 11 is 0. The van der Waals surface area contributed by atoms with E-state index in [2.05, 4.69) is 114 Å². The predicted molar refractivity (Wildman–Crippen MR) is 182 cm³/mol. The molecule has 4 nitrogen and oxygen atoms in total. The van der Waals surface area contributed by atoms with Crippen LogP contribution in [0.5, 0.6) is 5.75 Å². The van der Waals surface area contributed by atoms with Crippen LogP contribution in [0.4, 0.5) is 5.69 Å². The van der Waals surface area contributed by atoms with E-state index in [1.54, 1.807) is 0 Å². The second kappa shape index (κ2) is 9.45. The van der Waals surface area contributed by atoms with Gasteiger partial charge in [-0.15, -0.1) is 0 Å². The summed E-state index contributed by atoms with van der Waals surface area (Å²) < 4.78 is 9.11. The Hall–Kier alpha value is -5.61. The zero-order valence-electron chi connectivity index (χ0n) is 24.2. The maximum atomic E-state index is 9.30. The van der Waals surface area contributed by atoms with Crippen LogP contribution < -0.4 is 10.2 Å². The third-order valence-corrected chi connectivity index (χ3v) is 9.32. The first-order valence-corrected chi connectivity index (χ1v) is 15.1. The van der Waals surface area contributed by atoms with Crippen LogP contribution in [0.25, 0.3) is 43.4 Å². The lowest BCUT2D eigenvalue weighted by Gasteiger charge is -2.27. The molecule has 1 aliphatic heterocycles. The van der Waals surface area contributed by atoms with Crippen molar-refractivity contribution in [1.29, 1.82) is 5.41 Å². The van der Waals surface area contributed by atoms with Gasteiger partial charge in [0.1, 0.15) is 11.5 Å². The van der Waals surface area contributed by atoms with E-state index in [1.807, 2.05) is 36.4 Å². The molecule has 2 atom stereocenters. The Morgan fingerprint density at radius 1 is 0.750 bits per heavy atom. The smallest absolute Gasteiger partial charge is 0.144 e. The van der Waals surface area contributed by atoms with Gasteiger partial charge in [-0.25, -0.2) is 0 Å². The average Bonchev–Trinajstić information content (AvgIpc) is 3.27. The minimum Gasteiger partial charge on any atom is -0.460 e. The molecule has 2 N–H and O–H groups in total. The molecule has 4 heteroatoms. The van der Waals surface area contributed by atoms with Gasteiger partial charge in [0.25, 0.3) is 0 Å². The maximum absolute atomic E-state index is 9.30. The quantitative estimate of drug-likeness (QED) is 0.208. The molecule has 2 unspecified atom stereocenters. The first-order chi connectivity index (χ1) is 21.7. The zero-order chi connectivity index (χ0) is 29.4. The molecule has 0 fully saturated rings. The van der Waals surface area contributed by atoms with Gasteiger partial charge in [0.15, 0.2) is 0 Å². The van der Waals surface area contributed by atoms with Gasteiger partial charge in [-0.3, -0.25) is 15.5 Å². The molecule has 2 aliphatic rings. The summed E-state index contributed by atoms with van der Waals surface area (Å²) in [4.78, 5) is 0. The number of aromatic nitrogens is 1. The van der Waals surface area contributed by atoms with Crippen LogP contribution in [0, 0.1) is 11.3 Å². The lowest BCUT2D eigenvalue weighted by Crippen LogP contribution is -2.17. The third kappa shape index (κ3) is 3.61. The molecule has 44 heavy (non-hydrogen) atoms. The molecular formula is C40H29N3O. The van der Waals surface area contributed by atoms with Gasteiger partial charge in [-0.05, 0) is 58.0 Å². The van der Waals surface area contributed by atoms with Gasteiger partial charge in [0, 0.05) is 27.8 Å². The van der Waals surface area contributed by atoms with Crippen molar-refractivity contribution < 1.29 is 4.74 Å². The Morgan fingerprint density at radius 3 is 2.45 bits per heavy atom. The van der Waals surface area contributed by atoms with E-state index in [9.17, 15) is 5.41 Å². The Balaban J connectivity index is 1.27. The topological polar surface area (TPSA) is 50.0 Å². The molecule has 0 radical (unpaired) electrons. The average molecular weight is 568 g/mol. The van der Waals surface area contributed by atoms with E-state index >= 15 is 0 Å². The predicted octanol–water partition coefficient (Wildman–Crippen LogP) is 9.96. The summed E-state index contributed by atoms with van der Waals surface area (Å²) in [6.07, 6.45) is 6.52. The Labute approximate surface area is 255 Å². The lowest BCUT2D eigenvalue weighted by molar-refractivity contribution is 0.365. The molecule has 2 heterocycles. The molecule has 1 aromatic heterocycles. The van der Waals surface area contributed by atoms with E-state index in [4.69, 9.17) is 4.74 Å². The van der Waals surface area contributed by atoms with Gasteiger partial charge in [0.05, 0.1) is 27.8 Å². The summed E-state index contributed by atoms with van der Waals surface area (Å²) in [7, 11) is 0. The second-order valence-corrected chi connectivity index (χ2v) is 11.9. The standard InChI is InChI=1S/C40H29N3O/c1-24-10-8-19-35-36(24)31-16-9-18-33-37(31)38-34(23-27-13-4-5-14-29(27)40(38)44-35)43(33)42-32-17-7-6-15-30(32)39(41)28-21-20-25-11-2-3-12-26(25)22-28/h2-24,36,41-42H,1H3. The zero-order valence-corrected chi connectivity index (χ0v) is 24.2. The summed E-state index contributed by atoms with van der Waals surface area (Å²) in [6, 6.07) is 40.0. The molecule has 7 aromatic rings. The monoisotopic (exact) mass is 567 g/mol. The molecule has 0 bridgehead atoms. The van der Waals surface area contributed by atoms with E-state index in [-0.39, 0.29) is 5.92 Å². The summed E-state index contributed by atoms with van der Waals surface area (Å²) in [6.45, 7) is 2.27. The van der Waals surface area contributed by atoms with E-state index in [0.29, 0.717) is 11.6 Å². The Kier molecular flexibility index (Phi) is 5.36. The van der Waals surface area contributed by atoms with E-state index < -0.39 is 0 Å². The minimum absolute atomic E-state index is 0.127. The van der Waals surface area contributed by atoms with Crippen LogP contribution in [-0.4, -0.2) is 10.4 Å². The number of rotatable bonds is 4. The molecule has 1 aliphatic carbocycles. The van der Waals surface area contributed by atoms with Crippen LogP contribution in [0.15, 0.2) is 139 Å². The molecule has 9 rings (SSSR count). The fourth-order valence-electron chi connectivity index (χ4n) is 7.22. The van der Waals surface area contributed by atoms with Crippen molar-refractivity contribution in [3.05, 3.63) is 156 Å². The maximum Gasteiger partial charge on any atom is 0.144 e. The van der Waals surface area contributed by atoms with Crippen LogP contribution in [0.2, 0.25) is 0 Å². The second-order valence-electron chi connectivity index (χ2n) is 11.9. The SMILES string of the molecule is CC1C=CC=C2Oc3c4ccccc4cc4c3c3c(cccc3n4Nc3ccccc3C(=N)c3ccc4ccccc4c3)C21. The normalized spacial score (nSPS) is 17.1. The van der Waals surface area contributed by atoms with Crippen LogP contribution in [-0.2, 0) is 0 Å². The van der Waals surface area contributed by atoms with Crippen LogP contribution >= 0.6 is 0 Å². The van der Waals surface area contributed by atoms with Crippen molar-refractivity contribution >= 4 is 54.7 Å². The van der Waals surface area contributed by atoms with Gasteiger partial charge in [0.2, 0.25) is 0 Å². The molecule has 6 aromatic carbocycles. The van der Waals surface area contributed by atoms with Crippen molar-refractivity contribution in [3.63, 3.8) is 0 Å². The Morgan fingerprint density at radius 2 is 1.55 bits per heavy atom. The fraction of sp³-hybridized carbons (Fsp3) is 0.0750. The van der Waals surface area contributed by atoms with Crippen molar-refractivity contribution in [2.75, 3.05) is 5.43 Å². The van der Waals surface area contributed by atoms with Crippen molar-refractivity contribution in [3.8, 4) is 5.75 Å². The summed E-state index contributed by atoms with van der Waals surface area (Å²) in [5.41, 5.74) is 10.3. The van der Waals surface area contributed by atoms with Gasteiger partial charge in [-0.1, -0.05) is 110 Å². The highest BCUT2D eigenvalue weighted by atomic mass is 16.5. The van der Waals surface area contributed by atoms with Crippen molar-refractivity contribution in [2.45, 2.75) is 12.8 Å². The number of hydrogen-bond donors (Lipinski definition) is 2. The number of ether oxygens (including phenoxy) is 1. The van der Waals surface area contributed by atoms with Crippen LogP contribution in [0.1, 0.15) is 29.5 Å². The van der Waals surface area contributed by atoms with Gasteiger partial charge in [-0.2, -0.15) is 0 Å². The largest absolute Gasteiger partial charge is 0.460 e. The number of fused-ring (bicyclic) bond motifs is 5. The minimum atomic E-state index is 0.127.